The quantitative estimate of drug-likeness (QED) is 0.819. The van der Waals surface area contributed by atoms with Gasteiger partial charge < -0.3 is 11.1 Å². The largest absolute Gasteiger partial charge is 0.401 e. The first-order valence-corrected chi connectivity index (χ1v) is 9.14. The van der Waals surface area contributed by atoms with E-state index in [1.165, 1.54) is 11.3 Å². The molecule has 2 aliphatic carbocycles. The molecule has 0 spiro atoms. The third-order valence-corrected chi connectivity index (χ3v) is 6.12. The fourth-order valence-electron chi connectivity index (χ4n) is 4.87. The van der Waals surface area contributed by atoms with E-state index in [9.17, 15) is 18.0 Å². The smallest absolute Gasteiger partial charge is 0.356 e. The minimum absolute atomic E-state index is 0.0350. The van der Waals surface area contributed by atoms with Crippen molar-refractivity contribution in [2.24, 2.45) is 29.4 Å². The van der Waals surface area contributed by atoms with Crippen LogP contribution in [0.15, 0.2) is 0 Å². The highest BCUT2D eigenvalue weighted by atomic mass is 19.4. The van der Waals surface area contributed by atoms with Crippen LogP contribution in [0.25, 0.3) is 0 Å². The zero-order valence-corrected chi connectivity index (χ0v) is 14.0. The number of nitrogens with two attached hydrogens (primary N) is 1. The predicted octanol–water partition coefficient (Wildman–Crippen LogP) is 2.14. The van der Waals surface area contributed by atoms with Gasteiger partial charge >= 0.3 is 6.18 Å². The minimum atomic E-state index is -4.14. The Hall–Kier alpha value is -0.820. The number of rotatable bonds is 4. The average Bonchev–Trinajstić information content (AvgIpc) is 2.89. The van der Waals surface area contributed by atoms with Crippen LogP contribution >= 0.6 is 0 Å². The van der Waals surface area contributed by atoms with Gasteiger partial charge in [0.25, 0.3) is 0 Å². The third kappa shape index (κ3) is 4.42. The van der Waals surface area contributed by atoms with Crippen LogP contribution in [0.2, 0.25) is 0 Å². The van der Waals surface area contributed by atoms with Crippen molar-refractivity contribution >= 4 is 5.91 Å². The maximum atomic E-state index is 12.5. The van der Waals surface area contributed by atoms with Crippen LogP contribution in [-0.4, -0.2) is 49.2 Å². The summed E-state index contributed by atoms with van der Waals surface area (Å²) < 4.78 is 37.2. The molecule has 0 radical (unpaired) electrons. The Morgan fingerprint density at radius 1 is 1.17 bits per heavy atom. The number of likely N-dealkylation sites (tertiary alicyclic amines) is 1. The molecule has 3 unspecified atom stereocenters. The molecule has 3 atom stereocenters. The van der Waals surface area contributed by atoms with Gasteiger partial charge in [-0.3, -0.25) is 9.69 Å². The molecule has 3 aliphatic rings. The SMILES string of the molecule is NC1C2CCCC1CC(C(=O)NCC1CCN(CC(F)(F)F)C1)C2. The molecule has 1 amide bonds. The van der Waals surface area contributed by atoms with Crippen LogP contribution in [0.4, 0.5) is 13.2 Å². The fourth-order valence-corrected chi connectivity index (χ4v) is 4.87. The second-order valence-electron chi connectivity index (χ2n) is 7.95. The Morgan fingerprint density at radius 3 is 2.46 bits per heavy atom. The van der Waals surface area contributed by atoms with E-state index in [2.05, 4.69) is 5.32 Å². The van der Waals surface area contributed by atoms with Crippen molar-refractivity contribution in [1.29, 1.82) is 0 Å². The lowest BCUT2D eigenvalue weighted by molar-refractivity contribution is -0.143. The molecule has 3 N–H and O–H groups in total. The summed E-state index contributed by atoms with van der Waals surface area (Å²) in [4.78, 5) is 13.9. The van der Waals surface area contributed by atoms with E-state index in [1.54, 1.807) is 0 Å². The minimum Gasteiger partial charge on any atom is -0.356 e. The summed E-state index contributed by atoms with van der Waals surface area (Å²) in [6.45, 7) is 0.523. The van der Waals surface area contributed by atoms with Gasteiger partial charge in [-0.1, -0.05) is 6.42 Å². The van der Waals surface area contributed by atoms with Gasteiger partial charge in [0.15, 0.2) is 0 Å². The zero-order valence-electron chi connectivity index (χ0n) is 14.0. The number of hydrogen-bond acceptors (Lipinski definition) is 3. The first-order chi connectivity index (χ1) is 11.3. The average molecular weight is 347 g/mol. The maximum absolute atomic E-state index is 12.5. The molecule has 138 valence electrons. The van der Waals surface area contributed by atoms with Crippen LogP contribution in [0, 0.1) is 23.7 Å². The molecule has 1 saturated heterocycles. The van der Waals surface area contributed by atoms with Crippen LogP contribution in [0.1, 0.15) is 38.5 Å². The molecule has 1 aliphatic heterocycles. The molecule has 1 heterocycles. The van der Waals surface area contributed by atoms with Gasteiger partial charge in [0.05, 0.1) is 6.54 Å². The number of carbonyl (C=O) groups excluding carboxylic acids is 1. The molecule has 2 saturated carbocycles. The van der Waals surface area contributed by atoms with E-state index in [4.69, 9.17) is 5.73 Å². The topological polar surface area (TPSA) is 58.4 Å². The monoisotopic (exact) mass is 347 g/mol. The van der Waals surface area contributed by atoms with Crippen LogP contribution < -0.4 is 11.1 Å². The van der Waals surface area contributed by atoms with E-state index < -0.39 is 12.7 Å². The number of hydrogen-bond donors (Lipinski definition) is 2. The van der Waals surface area contributed by atoms with E-state index in [1.807, 2.05) is 0 Å². The summed E-state index contributed by atoms with van der Waals surface area (Å²) in [7, 11) is 0. The number of nitrogens with zero attached hydrogens (tertiary/aromatic N) is 1. The van der Waals surface area contributed by atoms with Crippen molar-refractivity contribution in [3.05, 3.63) is 0 Å². The molecule has 0 aromatic rings. The maximum Gasteiger partial charge on any atom is 0.401 e. The van der Waals surface area contributed by atoms with Crippen molar-refractivity contribution in [2.45, 2.75) is 50.7 Å². The molecule has 0 aromatic carbocycles. The number of alkyl halides is 3. The molecule has 7 heteroatoms. The molecular formula is C17H28F3N3O. The first kappa shape index (κ1) is 18.0. The highest BCUT2D eigenvalue weighted by Crippen LogP contribution is 2.41. The Kier molecular flexibility index (Phi) is 5.39. The Morgan fingerprint density at radius 2 is 1.83 bits per heavy atom. The molecule has 4 nitrogen and oxygen atoms in total. The Bertz CT molecular complexity index is 443. The number of amides is 1. The summed E-state index contributed by atoms with van der Waals surface area (Å²) >= 11 is 0. The van der Waals surface area contributed by atoms with Crippen molar-refractivity contribution in [3.8, 4) is 0 Å². The van der Waals surface area contributed by atoms with Gasteiger partial charge in [-0.05, 0) is 56.4 Å². The zero-order chi connectivity index (χ0) is 17.3. The standard InChI is InChI=1S/C17H28F3N3O/c18-17(19,20)10-23-5-4-11(9-23)8-22-16(24)14-6-12-2-1-3-13(7-14)15(12)21/h11-15H,1-10,21H2,(H,22,24). The Balaban J connectivity index is 1.42. The van der Waals surface area contributed by atoms with E-state index in [-0.39, 0.29) is 23.8 Å². The number of nitrogens with one attached hydrogen (secondary N) is 1. The van der Waals surface area contributed by atoms with E-state index in [0.29, 0.717) is 31.5 Å². The predicted molar refractivity (Wildman–Crippen MR) is 85.1 cm³/mol. The fraction of sp³-hybridized carbons (Fsp3) is 0.941. The lowest BCUT2D eigenvalue weighted by Crippen LogP contribution is -2.49. The van der Waals surface area contributed by atoms with Gasteiger partial charge in [0.1, 0.15) is 0 Å². The van der Waals surface area contributed by atoms with Gasteiger partial charge in [0, 0.05) is 25.0 Å². The molecule has 24 heavy (non-hydrogen) atoms. The lowest BCUT2D eigenvalue weighted by Gasteiger charge is -2.43. The molecule has 2 bridgehead atoms. The summed E-state index contributed by atoms with van der Waals surface area (Å²) in [5.74, 6) is 1.16. The summed E-state index contributed by atoms with van der Waals surface area (Å²) in [6.07, 6.45) is 1.78. The van der Waals surface area contributed by atoms with Crippen LogP contribution in [0.5, 0.6) is 0 Å². The molecule has 3 rings (SSSR count). The van der Waals surface area contributed by atoms with Gasteiger partial charge in [-0.2, -0.15) is 13.2 Å². The highest BCUT2D eigenvalue weighted by Gasteiger charge is 2.40. The van der Waals surface area contributed by atoms with Crippen LogP contribution in [0.3, 0.4) is 0 Å². The number of fused-ring (bicyclic) bond motifs is 2. The number of halogens is 3. The normalized spacial score (nSPS) is 37.4. The summed E-state index contributed by atoms with van der Waals surface area (Å²) in [6, 6.07) is 0.244. The van der Waals surface area contributed by atoms with E-state index in [0.717, 1.165) is 32.1 Å². The summed E-state index contributed by atoms with van der Waals surface area (Å²) in [5.41, 5.74) is 6.26. The third-order valence-electron chi connectivity index (χ3n) is 6.12. The van der Waals surface area contributed by atoms with E-state index >= 15 is 0 Å². The van der Waals surface area contributed by atoms with Crippen LogP contribution in [-0.2, 0) is 4.79 Å². The lowest BCUT2D eigenvalue weighted by atomic mass is 9.65. The van der Waals surface area contributed by atoms with Crippen molar-refractivity contribution < 1.29 is 18.0 Å². The van der Waals surface area contributed by atoms with Gasteiger partial charge in [0.2, 0.25) is 5.91 Å². The second-order valence-corrected chi connectivity index (χ2v) is 7.95. The van der Waals surface area contributed by atoms with Gasteiger partial charge in [-0.25, -0.2) is 0 Å². The van der Waals surface area contributed by atoms with Crippen molar-refractivity contribution in [3.63, 3.8) is 0 Å². The molecule has 0 aromatic heterocycles. The molecular weight excluding hydrogens is 319 g/mol. The first-order valence-electron chi connectivity index (χ1n) is 9.14. The molecule has 3 fully saturated rings. The highest BCUT2D eigenvalue weighted by molar-refractivity contribution is 5.78. The van der Waals surface area contributed by atoms with Crippen molar-refractivity contribution in [1.82, 2.24) is 10.2 Å². The summed E-state index contributed by atoms with van der Waals surface area (Å²) in [5, 5.41) is 2.99. The number of carbonyl (C=O) groups is 1. The second kappa shape index (κ2) is 7.20. The van der Waals surface area contributed by atoms with Gasteiger partial charge in [-0.15, -0.1) is 0 Å². The van der Waals surface area contributed by atoms with Crippen molar-refractivity contribution in [2.75, 3.05) is 26.2 Å². The Labute approximate surface area is 141 Å².